The molecule has 0 saturated carbocycles. The lowest BCUT2D eigenvalue weighted by Gasteiger charge is -2.33. The number of rotatable bonds is 13. The molecule has 4 heterocycles. The molecule has 1 amide bonds. The molecule has 4 aromatic carbocycles. The van der Waals surface area contributed by atoms with Crippen LogP contribution in [-0.4, -0.2) is 101 Å². The molecule has 68 heavy (non-hydrogen) atoms. The Bertz CT molecular complexity index is 2800. The minimum atomic E-state index is -2.32. The number of hydrogen-bond acceptors (Lipinski definition) is 13. The van der Waals surface area contributed by atoms with Crippen molar-refractivity contribution in [2.45, 2.75) is 70.0 Å². The molecule has 0 aliphatic carbocycles. The Kier molecular flexibility index (Phi) is 14.2. The van der Waals surface area contributed by atoms with E-state index < -0.39 is 104 Å². The van der Waals surface area contributed by atoms with Gasteiger partial charge < -0.3 is 33.0 Å². The highest BCUT2D eigenvalue weighted by Gasteiger charge is 2.55. The number of alkyl halides is 2. The molecule has 2 aliphatic rings. The van der Waals surface area contributed by atoms with Gasteiger partial charge >= 0.3 is 23.9 Å². The summed E-state index contributed by atoms with van der Waals surface area (Å²) >= 11 is 13.5. The molecule has 15 nitrogen and oxygen atoms in total. The third-order valence-electron chi connectivity index (χ3n) is 11.0. The Morgan fingerprint density at radius 1 is 0.632 bits per heavy atom. The summed E-state index contributed by atoms with van der Waals surface area (Å²) in [5.41, 5.74) is -0.928. The lowest BCUT2D eigenvalue weighted by molar-refractivity contribution is -0.129. The Balaban J connectivity index is 1.15. The number of hydrogen-bond donors (Lipinski definition) is 0. The minimum Gasteiger partial charge on any atom is -0.459 e. The maximum Gasteiger partial charge on any atom is 0.338 e. The van der Waals surface area contributed by atoms with Gasteiger partial charge in [-0.3, -0.25) is 4.79 Å². The van der Waals surface area contributed by atoms with Crippen LogP contribution in [0.4, 0.5) is 14.7 Å². The second kappa shape index (κ2) is 20.2. The van der Waals surface area contributed by atoms with Crippen molar-refractivity contribution in [3.8, 4) is 0 Å². The van der Waals surface area contributed by atoms with Crippen LogP contribution < -0.4 is 4.90 Å². The van der Waals surface area contributed by atoms with Gasteiger partial charge in [-0.25, -0.2) is 32.9 Å². The Hall–Kier alpha value is -6.79. The SMILES string of the molecule is CC(C)(C)C(=O)N(c1nc(Cl)c2c(Cl)cn([C@@H]3O[C@H](COC(=O)c4ccccc4)[C@@H](OC(=O)c4ccccc4)[C@@H]3F)c2n1)[C@@H]1O[C@H](COC(=O)c2ccccc2)[C@@H](OC(=O)c2ccccc2)[C@@H]1F. The number of fused-ring (bicyclic) bond motifs is 1. The van der Waals surface area contributed by atoms with Crippen molar-refractivity contribution >= 4 is 70.0 Å². The topological polar surface area (TPSA) is 175 Å². The molecule has 2 saturated heterocycles. The molecular formula is C49H42Cl2F2N4O11. The molecule has 19 heteroatoms. The van der Waals surface area contributed by atoms with Crippen molar-refractivity contribution in [3.05, 3.63) is 160 Å². The van der Waals surface area contributed by atoms with Gasteiger partial charge in [0, 0.05) is 11.6 Å². The number of anilines is 1. The number of carbonyl (C=O) groups is 5. The lowest BCUT2D eigenvalue weighted by Crippen LogP contribution is -2.51. The first kappa shape index (κ1) is 47.7. The van der Waals surface area contributed by atoms with Gasteiger partial charge in [-0.2, -0.15) is 9.97 Å². The first-order chi connectivity index (χ1) is 32.6. The number of esters is 4. The van der Waals surface area contributed by atoms with E-state index in [9.17, 15) is 24.0 Å². The fourth-order valence-corrected chi connectivity index (χ4v) is 8.16. The van der Waals surface area contributed by atoms with Crippen LogP contribution in [0.1, 0.15) is 68.4 Å². The molecule has 0 unspecified atom stereocenters. The minimum absolute atomic E-state index is 0.0302. The van der Waals surface area contributed by atoms with Crippen molar-refractivity contribution in [1.82, 2.24) is 14.5 Å². The predicted molar refractivity (Wildman–Crippen MR) is 242 cm³/mol. The summed E-state index contributed by atoms with van der Waals surface area (Å²) in [7, 11) is 0. The van der Waals surface area contributed by atoms with Crippen LogP contribution in [0.15, 0.2) is 128 Å². The quantitative estimate of drug-likeness (QED) is 0.0612. The van der Waals surface area contributed by atoms with E-state index in [-0.39, 0.29) is 43.5 Å². The molecule has 2 aromatic heterocycles. The van der Waals surface area contributed by atoms with E-state index in [2.05, 4.69) is 9.97 Å². The second-order valence-corrected chi connectivity index (χ2v) is 17.5. The second-order valence-electron chi connectivity index (χ2n) is 16.7. The summed E-state index contributed by atoms with van der Waals surface area (Å²) in [6.07, 6.45) is -13.2. The molecule has 6 aromatic rings. The summed E-state index contributed by atoms with van der Waals surface area (Å²) in [5, 5.41) is -0.480. The van der Waals surface area contributed by atoms with Gasteiger partial charge in [-0.1, -0.05) is 117 Å². The molecule has 8 rings (SSSR count). The van der Waals surface area contributed by atoms with E-state index in [4.69, 9.17) is 51.6 Å². The molecule has 0 bridgehead atoms. The summed E-state index contributed by atoms with van der Waals surface area (Å²) in [4.78, 5) is 77.1. The van der Waals surface area contributed by atoms with E-state index in [1.807, 2.05) is 0 Å². The van der Waals surface area contributed by atoms with Gasteiger partial charge in [0.25, 0.3) is 0 Å². The van der Waals surface area contributed by atoms with Crippen LogP contribution in [0.25, 0.3) is 11.0 Å². The van der Waals surface area contributed by atoms with Gasteiger partial charge in [0.15, 0.2) is 42.7 Å². The third-order valence-corrected chi connectivity index (χ3v) is 11.5. The largest absolute Gasteiger partial charge is 0.459 e. The molecule has 0 radical (unpaired) electrons. The number of halogens is 4. The molecule has 0 N–H and O–H groups in total. The highest BCUT2D eigenvalue weighted by Crippen LogP contribution is 2.42. The van der Waals surface area contributed by atoms with Gasteiger partial charge in [-0.05, 0) is 48.5 Å². The highest BCUT2D eigenvalue weighted by atomic mass is 35.5. The van der Waals surface area contributed by atoms with Crippen LogP contribution in [0.2, 0.25) is 10.2 Å². The maximum atomic E-state index is 17.3. The van der Waals surface area contributed by atoms with Crippen molar-refractivity contribution < 1.29 is 61.2 Å². The van der Waals surface area contributed by atoms with E-state index in [1.165, 1.54) is 75.5 Å². The van der Waals surface area contributed by atoms with E-state index in [1.54, 1.807) is 72.8 Å². The van der Waals surface area contributed by atoms with Gasteiger partial charge in [0.05, 0.1) is 32.7 Å². The van der Waals surface area contributed by atoms with Crippen molar-refractivity contribution in [3.63, 3.8) is 0 Å². The van der Waals surface area contributed by atoms with Crippen LogP contribution in [0.3, 0.4) is 0 Å². The Morgan fingerprint density at radius 2 is 1.06 bits per heavy atom. The average Bonchev–Trinajstić information content (AvgIpc) is 3.96. The van der Waals surface area contributed by atoms with Gasteiger partial charge in [0.1, 0.15) is 30.6 Å². The zero-order valence-electron chi connectivity index (χ0n) is 36.4. The van der Waals surface area contributed by atoms with Crippen LogP contribution >= 0.6 is 23.2 Å². The highest BCUT2D eigenvalue weighted by molar-refractivity contribution is 6.41. The number of nitrogens with zero attached hydrogens (tertiary/aromatic N) is 4. The average molecular weight is 972 g/mol. The molecule has 352 valence electrons. The van der Waals surface area contributed by atoms with Crippen LogP contribution in [0, 0.1) is 5.41 Å². The Morgan fingerprint density at radius 3 is 1.51 bits per heavy atom. The van der Waals surface area contributed by atoms with Crippen molar-refractivity contribution in [1.29, 1.82) is 0 Å². The summed E-state index contributed by atoms with van der Waals surface area (Å²) in [5.74, 6) is -4.70. The molecule has 2 aliphatic heterocycles. The van der Waals surface area contributed by atoms with E-state index >= 15 is 8.78 Å². The molecule has 2 fully saturated rings. The number of carbonyl (C=O) groups excluding carboxylic acids is 5. The number of aromatic nitrogens is 3. The third kappa shape index (κ3) is 10.1. The van der Waals surface area contributed by atoms with Crippen LogP contribution in [0.5, 0.6) is 0 Å². The smallest absolute Gasteiger partial charge is 0.338 e. The fraction of sp³-hybridized carbons (Fsp3) is 0.286. The molecule has 8 atom stereocenters. The van der Waals surface area contributed by atoms with E-state index in [0.29, 0.717) is 0 Å². The summed E-state index contributed by atoms with van der Waals surface area (Å²) in [6, 6.07) is 31.6. The zero-order valence-corrected chi connectivity index (χ0v) is 38.0. The summed E-state index contributed by atoms with van der Waals surface area (Å²) in [6.45, 7) is 3.44. The maximum absolute atomic E-state index is 17.3. The number of ether oxygens (including phenoxy) is 6. The number of benzene rings is 4. The van der Waals surface area contributed by atoms with E-state index in [0.717, 1.165) is 9.47 Å². The van der Waals surface area contributed by atoms with Gasteiger partial charge in [0.2, 0.25) is 11.9 Å². The van der Waals surface area contributed by atoms with Crippen molar-refractivity contribution in [2.24, 2.45) is 5.41 Å². The normalized spacial score (nSPS) is 22.3. The first-order valence-electron chi connectivity index (χ1n) is 21.2. The first-order valence-corrected chi connectivity index (χ1v) is 22.0. The standard InChI is InChI=1S/C49H42Cl2F2N4O11/c1-49(2,3)47(62)57(42-36(53)38(68-46(61)30-22-14-7-15-23-30)33(66-42)26-64-44(59)28-18-10-5-11-19-28)48-54-39(51)34-31(50)24-56(40(34)55-48)41-35(52)37(67-45(60)29-20-12-6-13-21-29)32(65-41)25-63-43(58)27-16-8-4-9-17-27/h4-24,32-33,35-38,41-42H,25-26H2,1-3H3/t32-,33-,35+,36+,37-,38-,41-,42-/m1/s1. The Labute approximate surface area is 397 Å². The predicted octanol–water partition coefficient (Wildman–Crippen LogP) is 8.58. The molecular weight excluding hydrogens is 929 g/mol. The van der Waals surface area contributed by atoms with Gasteiger partial charge in [-0.15, -0.1) is 0 Å². The lowest BCUT2D eigenvalue weighted by atomic mass is 9.94. The molecule has 0 spiro atoms. The van der Waals surface area contributed by atoms with Crippen LogP contribution in [-0.2, 0) is 33.2 Å². The monoisotopic (exact) mass is 970 g/mol. The number of amides is 1. The zero-order chi connectivity index (χ0) is 48.3. The summed E-state index contributed by atoms with van der Waals surface area (Å²) < 4.78 is 70.2. The van der Waals surface area contributed by atoms with Crippen molar-refractivity contribution in [2.75, 3.05) is 18.1 Å². The fourth-order valence-electron chi connectivity index (χ4n) is 7.57.